The summed E-state index contributed by atoms with van der Waals surface area (Å²) in [6.07, 6.45) is 3.59. The number of benzene rings is 1. The molecule has 1 aromatic rings. The maximum Gasteiger partial charge on any atom is 0.184 e. The molecule has 0 aliphatic heterocycles. The number of hydrogen-bond acceptors (Lipinski definition) is 3. The van der Waals surface area contributed by atoms with Crippen molar-refractivity contribution in [1.82, 2.24) is 5.43 Å². The maximum atomic E-state index is 13.2. The fourth-order valence-corrected chi connectivity index (χ4v) is 1.47. The third-order valence-corrected chi connectivity index (χ3v) is 2.47. The van der Waals surface area contributed by atoms with Gasteiger partial charge in [-0.2, -0.15) is 5.10 Å². The molecular formula is C13H18FN3OS. The fourth-order valence-electron chi connectivity index (χ4n) is 1.42. The number of thiocarbonyl (C=S) groups is 1. The highest BCUT2D eigenvalue weighted by Gasteiger charge is 2.03. The van der Waals surface area contributed by atoms with Crippen molar-refractivity contribution in [3.05, 3.63) is 35.1 Å². The summed E-state index contributed by atoms with van der Waals surface area (Å²) >= 11 is 4.63. The van der Waals surface area contributed by atoms with Gasteiger partial charge in [0.05, 0.1) is 12.8 Å². The molecule has 0 fully saturated rings. The Labute approximate surface area is 117 Å². The van der Waals surface area contributed by atoms with Crippen LogP contribution >= 0.6 is 12.2 Å². The van der Waals surface area contributed by atoms with Crippen LogP contribution < -0.4 is 11.2 Å². The molecule has 0 amide bonds. The van der Waals surface area contributed by atoms with Crippen LogP contribution in [0.3, 0.4) is 0 Å². The number of hydrazone groups is 1. The van der Waals surface area contributed by atoms with Gasteiger partial charge in [-0.1, -0.05) is 19.4 Å². The van der Waals surface area contributed by atoms with Crippen LogP contribution in [0.5, 0.6) is 0 Å². The molecule has 1 aromatic carbocycles. The number of rotatable bonds is 7. The van der Waals surface area contributed by atoms with Crippen molar-refractivity contribution in [2.24, 2.45) is 10.8 Å². The van der Waals surface area contributed by atoms with Gasteiger partial charge in [-0.05, 0) is 36.3 Å². The number of hydrogen-bond donors (Lipinski definition) is 2. The van der Waals surface area contributed by atoms with E-state index in [4.69, 9.17) is 10.5 Å². The molecule has 19 heavy (non-hydrogen) atoms. The summed E-state index contributed by atoms with van der Waals surface area (Å²) in [5.41, 5.74) is 9.22. The summed E-state index contributed by atoms with van der Waals surface area (Å²) < 4.78 is 18.7. The molecule has 1 rings (SSSR count). The van der Waals surface area contributed by atoms with E-state index in [1.54, 1.807) is 6.07 Å². The first-order valence-corrected chi connectivity index (χ1v) is 6.49. The van der Waals surface area contributed by atoms with E-state index in [2.05, 4.69) is 29.7 Å². The standard InChI is InChI=1S/C13H18FN3OS/c1-2-3-6-18-9-11-7-12(14)5-4-10(11)8-16-17-13(15)19/h4-5,7-8H,2-3,6,9H2,1H3,(H3,15,17,19). The molecule has 0 spiro atoms. The van der Waals surface area contributed by atoms with Crippen LogP contribution in [0.2, 0.25) is 0 Å². The molecule has 4 nitrogen and oxygen atoms in total. The SMILES string of the molecule is CCCCOCc1cc(F)ccc1C=NNC(N)=S. The van der Waals surface area contributed by atoms with Crippen molar-refractivity contribution in [3.63, 3.8) is 0 Å². The monoisotopic (exact) mass is 283 g/mol. The third-order valence-electron chi connectivity index (χ3n) is 2.38. The summed E-state index contributed by atoms with van der Waals surface area (Å²) in [6, 6.07) is 4.45. The Morgan fingerprint density at radius 2 is 2.37 bits per heavy atom. The molecule has 0 saturated heterocycles. The van der Waals surface area contributed by atoms with Crippen LogP contribution in [0.1, 0.15) is 30.9 Å². The van der Waals surface area contributed by atoms with Gasteiger partial charge in [0.2, 0.25) is 0 Å². The highest BCUT2D eigenvalue weighted by molar-refractivity contribution is 7.80. The smallest absolute Gasteiger partial charge is 0.184 e. The van der Waals surface area contributed by atoms with Crippen LogP contribution in [0.25, 0.3) is 0 Å². The van der Waals surface area contributed by atoms with Crippen molar-refractivity contribution in [3.8, 4) is 0 Å². The van der Waals surface area contributed by atoms with Crippen LogP contribution in [-0.4, -0.2) is 17.9 Å². The quantitative estimate of drug-likeness (QED) is 0.349. The van der Waals surface area contributed by atoms with E-state index in [0.29, 0.717) is 13.2 Å². The molecule has 0 atom stereocenters. The molecule has 104 valence electrons. The van der Waals surface area contributed by atoms with E-state index >= 15 is 0 Å². The summed E-state index contributed by atoms with van der Waals surface area (Å²) in [5.74, 6) is -0.298. The van der Waals surface area contributed by atoms with Gasteiger partial charge in [0.15, 0.2) is 5.11 Å². The van der Waals surface area contributed by atoms with Gasteiger partial charge < -0.3 is 10.5 Å². The number of nitrogens with zero attached hydrogens (tertiary/aromatic N) is 1. The fraction of sp³-hybridized carbons (Fsp3) is 0.385. The number of nitrogens with one attached hydrogen (secondary N) is 1. The molecule has 0 bridgehead atoms. The lowest BCUT2D eigenvalue weighted by molar-refractivity contribution is 0.118. The summed E-state index contributed by atoms with van der Waals surface area (Å²) in [7, 11) is 0. The van der Waals surface area contributed by atoms with Crippen LogP contribution in [0, 0.1) is 5.82 Å². The zero-order valence-electron chi connectivity index (χ0n) is 10.9. The Kier molecular flexibility index (Phi) is 6.99. The molecule has 0 aromatic heterocycles. The van der Waals surface area contributed by atoms with Gasteiger partial charge in [-0.3, -0.25) is 5.43 Å². The number of ether oxygens (including phenoxy) is 1. The lowest BCUT2D eigenvalue weighted by atomic mass is 10.1. The topological polar surface area (TPSA) is 59.6 Å². The van der Waals surface area contributed by atoms with Gasteiger partial charge in [0.1, 0.15) is 5.82 Å². The first-order valence-electron chi connectivity index (χ1n) is 6.08. The zero-order valence-corrected chi connectivity index (χ0v) is 11.7. The Hall–Kier alpha value is -1.53. The van der Waals surface area contributed by atoms with E-state index in [1.807, 2.05) is 0 Å². The lowest BCUT2D eigenvalue weighted by Crippen LogP contribution is -2.24. The van der Waals surface area contributed by atoms with Crippen molar-refractivity contribution >= 4 is 23.5 Å². The Morgan fingerprint density at radius 3 is 3.05 bits per heavy atom. The van der Waals surface area contributed by atoms with Gasteiger partial charge >= 0.3 is 0 Å². The molecule has 0 radical (unpaired) electrons. The van der Waals surface area contributed by atoms with Gasteiger partial charge in [-0.15, -0.1) is 0 Å². The first kappa shape index (κ1) is 15.5. The molecule has 0 aliphatic rings. The minimum Gasteiger partial charge on any atom is -0.377 e. The van der Waals surface area contributed by atoms with Crippen LogP contribution in [0.4, 0.5) is 4.39 Å². The van der Waals surface area contributed by atoms with Crippen LogP contribution in [-0.2, 0) is 11.3 Å². The Bertz CT molecular complexity index is 452. The molecule has 0 unspecified atom stereocenters. The number of halogens is 1. The average molecular weight is 283 g/mol. The van der Waals surface area contributed by atoms with Crippen molar-refractivity contribution in [1.29, 1.82) is 0 Å². The normalized spacial score (nSPS) is 10.8. The first-order chi connectivity index (χ1) is 9.13. The molecule has 0 saturated carbocycles. The van der Waals surface area contributed by atoms with E-state index < -0.39 is 0 Å². The number of unbranched alkanes of at least 4 members (excludes halogenated alkanes) is 1. The molecule has 0 heterocycles. The van der Waals surface area contributed by atoms with E-state index in [9.17, 15) is 4.39 Å². The summed E-state index contributed by atoms with van der Waals surface area (Å²) in [4.78, 5) is 0. The molecular weight excluding hydrogens is 265 g/mol. The summed E-state index contributed by atoms with van der Waals surface area (Å²) in [5, 5.41) is 3.94. The van der Waals surface area contributed by atoms with Crippen molar-refractivity contribution in [2.45, 2.75) is 26.4 Å². The second-order valence-corrected chi connectivity index (χ2v) is 4.42. The second kappa shape index (κ2) is 8.55. The number of nitrogens with two attached hydrogens (primary N) is 1. The largest absolute Gasteiger partial charge is 0.377 e. The molecule has 3 N–H and O–H groups in total. The maximum absolute atomic E-state index is 13.2. The Balaban J connectivity index is 2.68. The predicted octanol–water partition coefficient (Wildman–Crippen LogP) is 2.31. The minimum atomic E-state index is -0.298. The van der Waals surface area contributed by atoms with Gasteiger partial charge in [-0.25, -0.2) is 4.39 Å². The second-order valence-electron chi connectivity index (χ2n) is 3.98. The van der Waals surface area contributed by atoms with Crippen molar-refractivity contribution < 1.29 is 9.13 Å². The molecule has 6 heteroatoms. The highest BCUT2D eigenvalue weighted by atomic mass is 32.1. The Morgan fingerprint density at radius 1 is 1.58 bits per heavy atom. The third kappa shape index (κ3) is 6.26. The van der Waals surface area contributed by atoms with Gasteiger partial charge in [0, 0.05) is 12.2 Å². The average Bonchev–Trinajstić information content (AvgIpc) is 2.36. The lowest BCUT2D eigenvalue weighted by Gasteiger charge is -2.07. The van der Waals surface area contributed by atoms with Crippen molar-refractivity contribution in [2.75, 3.05) is 6.61 Å². The predicted molar refractivity (Wildman–Crippen MR) is 78.5 cm³/mol. The van der Waals surface area contributed by atoms with E-state index in [1.165, 1.54) is 18.3 Å². The zero-order chi connectivity index (χ0) is 14.1. The van der Waals surface area contributed by atoms with E-state index in [0.717, 1.165) is 24.0 Å². The summed E-state index contributed by atoms with van der Waals surface area (Å²) in [6.45, 7) is 3.10. The minimum absolute atomic E-state index is 0.0825. The highest BCUT2D eigenvalue weighted by Crippen LogP contribution is 2.11. The van der Waals surface area contributed by atoms with E-state index in [-0.39, 0.29) is 10.9 Å². The van der Waals surface area contributed by atoms with Crippen LogP contribution in [0.15, 0.2) is 23.3 Å². The van der Waals surface area contributed by atoms with Gasteiger partial charge in [0.25, 0.3) is 0 Å². The molecule has 0 aliphatic carbocycles.